The molecule has 2 aromatic rings. The van der Waals surface area contributed by atoms with Gasteiger partial charge in [-0.2, -0.15) is 0 Å². The van der Waals surface area contributed by atoms with Gasteiger partial charge in [0.1, 0.15) is 23.0 Å². The second kappa shape index (κ2) is 9.85. The molecule has 7 heteroatoms. The van der Waals surface area contributed by atoms with Gasteiger partial charge in [-0.3, -0.25) is 9.69 Å². The number of likely N-dealkylation sites (N-methyl/N-ethyl adjacent to an activating group) is 1. The van der Waals surface area contributed by atoms with Gasteiger partial charge >= 0.3 is 0 Å². The van der Waals surface area contributed by atoms with Crippen LogP contribution in [0, 0.1) is 0 Å². The monoisotopic (exact) mass is 388 g/mol. The topological polar surface area (TPSA) is 69.3 Å². The molecule has 1 amide bonds. The highest BCUT2D eigenvalue weighted by molar-refractivity contribution is 5.94. The molecule has 7 nitrogen and oxygen atoms in total. The van der Waals surface area contributed by atoms with Gasteiger partial charge in [-0.25, -0.2) is 0 Å². The number of hydrogen-bond acceptors (Lipinski definition) is 6. The van der Waals surface area contributed by atoms with E-state index >= 15 is 0 Å². The number of nitrogens with zero attached hydrogens (tertiary/aromatic N) is 1. The summed E-state index contributed by atoms with van der Waals surface area (Å²) in [5.74, 6) is 2.53. The van der Waals surface area contributed by atoms with Gasteiger partial charge in [-0.05, 0) is 20.0 Å². The molecular weight excluding hydrogens is 360 g/mol. The highest BCUT2D eigenvalue weighted by Gasteiger charge is 2.20. The van der Waals surface area contributed by atoms with Crippen LogP contribution in [0.2, 0.25) is 0 Å². The van der Waals surface area contributed by atoms with Crippen LogP contribution in [0.5, 0.6) is 23.0 Å². The van der Waals surface area contributed by atoms with Gasteiger partial charge in [-0.15, -0.1) is 0 Å². The Morgan fingerprint density at radius 3 is 2.07 bits per heavy atom. The lowest BCUT2D eigenvalue weighted by Crippen LogP contribution is -2.39. The van der Waals surface area contributed by atoms with E-state index in [-0.39, 0.29) is 11.9 Å². The third-order valence-corrected chi connectivity index (χ3v) is 4.57. The zero-order chi connectivity index (χ0) is 20.7. The summed E-state index contributed by atoms with van der Waals surface area (Å²) in [5, 5.41) is 2.91. The number of anilines is 1. The number of nitrogens with one attached hydrogen (secondary N) is 1. The van der Waals surface area contributed by atoms with E-state index < -0.39 is 0 Å². The summed E-state index contributed by atoms with van der Waals surface area (Å²) < 4.78 is 21.2. The van der Waals surface area contributed by atoms with E-state index in [0.29, 0.717) is 23.7 Å². The minimum atomic E-state index is -0.371. The predicted molar refractivity (Wildman–Crippen MR) is 109 cm³/mol. The molecule has 2 aromatic carbocycles. The van der Waals surface area contributed by atoms with Gasteiger partial charge in [0.2, 0.25) is 5.91 Å². The Morgan fingerprint density at radius 2 is 1.54 bits per heavy atom. The predicted octanol–water partition coefficient (Wildman–Crippen LogP) is 3.18. The fourth-order valence-electron chi connectivity index (χ4n) is 2.71. The molecule has 28 heavy (non-hydrogen) atoms. The number of ether oxygens (including phenoxy) is 4. The largest absolute Gasteiger partial charge is 0.497 e. The van der Waals surface area contributed by atoms with Crippen molar-refractivity contribution in [1.29, 1.82) is 0 Å². The van der Waals surface area contributed by atoms with Crippen LogP contribution < -0.4 is 24.3 Å². The first kappa shape index (κ1) is 21.4. The van der Waals surface area contributed by atoms with Crippen molar-refractivity contribution in [3.63, 3.8) is 0 Å². The first-order chi connectivity index (χ1) is 13.4. The molecule has 1 unspecified atom stereocenters. The molecule has 1 atom stereocenters. The van der Waals surface area contributed by atoms with Crippen LogP contribution in [0.3, 0.4) is 0 Å². The highest BCUT2D eigenvalue weighted by Crippen LogP contribution is 2.27. The van der Waals surface area contributed by atoms with E-state index in [9.17, 15) is 4.79 Å². The van der Waals surface area contributed by atoms with E-state index in [1.54, 1.807) is 46.6 Å². The molecule has 152 valence electrons. The minimum absolute atomic E-state index is 0.134. The molecule has 0 aromatic heterocycles. The molecule has 0 saturated carbocycles. The van der Waals surface area contributed by atoms with Crippen molar-refractivity contribution < 1.29 is 23.7 Å². The molecule has 0 aliphatic rings. The third kappa shape index (κ3) is 5.29. The molecular formula is C21H28N2O5. The van der Waals surface area contributed by atoms with Crippen molar-refractivity contribution in [1.82, 2.24) is 4.90 Å². The van der Waals surface area contributed by atoms with Gasteiger partial charge in [0.15, 0.2) is 0 Å². The summed E-state index contributed by atoms with van der Waals surface area (Å²) in [4.78, 5) is 14.7. The molecule has 0 aliphatic carbocycles. The zero-order valence-electron chi connectivity index (χ0n) is 17.2. The van der Waals surface area contributed by atoms with E-state index in [1.165, 1.54) is 0 Å². The van der Waals surface area contributed by atoms with Crippen molar-refractivity contribution in [3.05, 3.63) is 42.0 Å². The Kier molecular flexibility index (Phi) is 7.52. The minimum Gasteiger partial charge on any atom is -0.497 e. The van der Waals surface area contributed by atoms with Crippen LogP contribution in [0.1, 0.15) is 12.5 Å². The number of benzene rings is 2. The molecule has 1 N–H and O–H groups in total. The molecule has 0 radical (unpaired) electrons. The van der Waals surface area contributed by atoms with E-state index in [0.717, 1.165) is 17.1 Å². The molecule has 0 spiro atoms. The summed E-state index contributed by atoms with van der Waals surface area (Å²) in [6.45, 7) is 2.39. The molecule has 0 heterocycles. The van der Waals surface area contributed by atoms with Crippen molar-refractivity contribution >= 4 is 11.6 Å². The van der Waals surface area contributed by atoms with Gasteiger partial charge in [-0.1, -0.05) is 6.07 Å². The Labute approximate surface area is 166 Å². The first-order valence-electron chi connectivity index (χ1n) is 8.86. The Balaban J connectivity index is 2.09. The van der Waals surface area contributed by atoms with Crippen molar-refractivity contribution in [2.45, 2.75) is 19.5 Å². The maximum atomic E-state index is 12.7. The van der Waals surface area contributed by atoms with E-state index in [1.807, 2.05) is 37.1 Å². The summed E-state index contributed by atoms with van der Waals surface area (Å²) in [5.41, 5.74) is 1.58. The number of hydrogen-bond donors (Lipinski definition) is 1. The maximum absolute atomic E-state index is 12.7. The Hall–Kier alpha value is -2.93. The highest BCUT2D eigenvalue weighted by atomic mass is 16.5. The van der Waals surface area contributed by atoms with Crippen molar-refractivity contribution in [2.75, 3.05) is 40.8 Å². The SMILES string of the molecule is COc1cc(NC(=O)C(C)N(C)Cc2ccc(OC)cc2OC)cc(OC)c1. The van der Waals surface area contributed by atoms with Crippen LogP contribution in [-0.4, -0.2) is 52.3 Å². The average Bonchev–Trinajstić information content (AvgIpc) is 2.72. The second-order valence-electron chi connectivity index (χ2n) is 6.36. The third-order valence-electron chi connectivity index (χ3n) is 4.57. The van der Waals surface area contributed by atoms with Crippen molar-refractivity contribution in [3.8, 4) is 23.0 Å². The Morgan fingerprint density at radius 1 is 0.929 bits per heavy atom. The van der Waals surface area contributed by atoms with Crippen LogP contribution in [0.4, 0.5) is 5.69 Å². The van der Waals surface area contributed by atoms with Gasteiger partial charge in [0.05, 0.1) is 34.5 Å². The van der Waals surface area contributed by atoms with Gasteiger partial charge in [0, 0.05) is 42.1 Å². The smallest absolute Gasteiger partial charge is 0.241 e. The first-order valence-corrected chi connectivity index (χ1v) is 8.86. The summed E-state index contributed by atoms with van der Waals surface area (Å²) in [6, 6.07) is 10.5. The molecule has 0 fully saturated rings. The number of amides is 1. The summed E-state index contributed by atoms with van der Waals surface area (Å²) in [6.07, 6.45) is 0. The fourth-order valence-corrected chi connectivity index (χ4v) is 2.71. The quantitative estimate of drug-likeness (QED) is 0.712. The summed E-state index contributed by atoms with van der Waals surface area (Å²) >= 11 is 0. The van der Waals surface area contributed by atoms with Gasteiger partial charge in [0.25, 0.3) is 0 Å². The number of methoxy groups -OCH3 is 4. The number of carbonyl (C=O) groups excluding carboxylic acids is 1. The zero-order valence-corrected chi connectivity index (χ0v) is 17.2. The van der Waals surface area contributed by atoms with Crippen molar-refractivity contribution in [2.24, 2.45) is 0 Å². The maximum Gasteiger partial charge on any atom is 0.241 e. The normalized spacial score (nSPS) is 11.7. The van der Waals surface area contributed by atoms with Crippen LogP contribution in [-0.2, 0) is 11.3 Å². The lowest BCUT2D eigenvalue weighted by molar-refractivity contribution is -0.120. The number of carbonyl (C=O) groups is 1. The summed E-state index contributed by atoms with van der Waals surface area (Å²) in [7, 11) is 8.25. The van der Waals surface area contributed by atoms with Crippen LogP contribution in [0.15, 0.2) is 36.4 Å². The molecule has 0 aliphatic heterocycles. The molecule has 0 bridgehead atoms. The van der Waals surface area contributed by atoms with E-state index in [2.05, 4.69) is 5.32 Å². The van der Waals surface area contributed by atoms with Gasteiger partial charge < -0.3 is 24.3 Å². The Bertz CT molecular complexity index is 787. The fraction of sp³-hybridized carbons (Fsp3) is 0.381. The molecule has 2 rings (SSSR count). The number of rotatable bonds is 9. The lowest BCUT2D eigenvalue weighted by atomic mass is 10.1. The van der Waals surface area contributed by atoms with E-state index in [4.69, 9.17) is 18.9 Å². The average molecular weight is 388 g/mol. The molecule has 0 saturated heterocycles. The van der Waals surface area contributed by atoms with Crippen LogP contribution >= 0.6 is 0 Å². The van der Waals surface area contributed by atoms with Crippen LogP contribution in [0.25, 0.3) is 0 Å². The second-order valence-corrected chi connectivity index (χ2v) is 6.36. The standard InChI is InChI=1S/C21H28N2O5/c1-14(21(24)22-16-9-18(26-4)11-19(10-16)27-5)23(2)13-15-7-8-17(25-3)12-20(15)28-6/h7-12,14H,13H2,1-6H3,(H,22,24). The lowest BCUT2D eigenvalue weighted by Gasteiger charge is -2.25.